The second-order valence-electron chi connectivity index (χ2n) is 5.27. The first kappa shape index (κ1) is 15.6. The first-order chi connectivity index (χ1) is 8.49. The molecule has 3 nitrogen and oxygen atoms in total. The molecule has 0 heterocycles. The summed E-state index contributed by atoms with van der Waals surface area (Å²) < 4.78 is 2.06. The molecule has 3 atom stereocenters. The van der Waals surface area contributed by atoms with E-state index in [1.807, 2.05) is 30.3 Å². The van der Waals surface area contributed by atoms with E-state index in [2.05, 4.69) is 27.9 Å². The zero-order valence-corrected chi connectivity index (χ0v) is 12.4. The molecular weight excluding hydrogens is 243 g/mol. The van der Waals surface area contributed by atoms with Gasteiger partial charge in [-0.1, -0.05) is 53.6 Å². The van der Waals surface area contributed by atoms with E-state index in [1.165, 1.54) is 5.56 Å². The fraction of sp³-hybridized carbons (Fsp3) is 0.571. The Hall–Kier alpha value is -0.470. The Balaban J connectivity index is 2.39. The van der Waals surface area contributed by atoms with Gasteiger partial charge in [-0.3, -0.25) is 4.67 Å². The van der Waals surface area contributed by atoms with Gasteiger partial charge in [0.2, 0.25) is 0 Å². The highest BCUT2D eigenvalue weighted by molar-refractivity contribution is 7.13. The van der Waals surface area contributed by atoms with Crippen LogP contribution in [-0.2, 0) is 6.42 Å². The van der Waals surface area contributed by atoms with E-state index in [4.69, 9.17) is 5.73 Å². The topological polar surface area (TPSA) is 49.5 Å². The minimum absolute atomic E-state index is 0.220. The number of nitrogens with two attached hydrogens (primary N) is 1. The van der Waals surface area contributed by atoms with Crippen molar-refractivity contribution >= 4 is 9.39 Å². The molecule has 0 aromatic heterocycles. The first-order valence-corrected chi connectivity index (χ1v) is 6.98. The molecule has 0 aliphatic carbocycles. The Morgan fingerprint density at radius 3 is 2.39 bits per heavy atom. The van der Waals surface area contributed by atoms with Crippen molar-refractivity contribution in [3.8, 4) is 0 Å². The van der Waals surface area contributed by atoms with Crippen LogP contribution < -0.4 is 5.73 Å². The van der Waals surface area contributed by atoms with Crippen LogP contribution in [0.5, 0.6) is 0 Å². The summed E-state index contributed by atoms with van der Waals surface area (Å²) in [5, 5.41) is 10.1. The largest absolute Gasteiger partial charge is 0.390 e. The van der Waals surface area contributed by atoms with Crippen molar-refractivity contribution in [1.29, 1.82) is 0 Å². The third kappa shape index (κ3) is 5.92. The molecule has 0 saturated heterocycles. The highest BCUT2D eigenvalue weighted by atomic mass is 31.0. The Morgan fingerprint density at radius 2 is 1.83 bits per heavy atom. The highest BCUT2D eigenvalue weighted by Crippen LogP contribution is 2.09. The smallest absolute Gasteiger partial charge is 0.0824 e. The van der Waals surface area contributed by atoms with Crippen LogP contribution in [0.15, 0.2) is 30.3 Å². The molecule has 18 heavy (non-hydrogen) atoms. The second kappa shape index (κ2) is 7.85. The van der Waals surface area contributed by atoms with Crippen LogP contribution in [0, 0.1) is 5.92 Å². The number of hydrogen-bond acceptors (Lipinski definition) is 3. The summed E-state index contributed by atoms with van der Waals surface area (Å²) in [6.07, 6.45) is 0.212. The number of rotatable bonds is 7. The van der Waals surface area contributed by atoms with Crippen LogP contribution in [0.2, 0.25) is 0 Å². The van der Waals surface area contributed by atoms with Gasteiger partial charge in [0.05, 0.1) is 6.10 Å². The van der Waals surface area contributed by atoms with E-state index >= 15 is 0 Å². The predicted octanol–water partition coefficient (Wildman–Crippen LogP) is 1.67. The van der Waals surface area contributed by atoms with E-state index in [0.717, 1.165) is 6.54 Å². The number of aliphatic hydroxyl groups is 1. The summed E-state index contributed by atoms with van der Waals surface area (Å²) in [6.45, 7) is 5.86. The molecule has 1 aromatic carbocycles. The lowest BCUT2D eigenvalue weighted by Crippen LogP contribution is -2.42. The summed E-state index contributed by atoms with van der Waals surface area (Å²) >= 11 is 0. The van der Waals surface area contributed by atoms with E-state index < -0.39 is 6.10 Å². The zero-order chi connectivity index (χ0) is 13.5. The first-order valence-electron chi connectivity index (χ1n) is 6.46. The van der Waals surface area contributed by atoms with Gasteiger partial charge >= 0.3 is 0 Å². The number of hydrogen-bond donors (Lipinski definition) is 2. The third-order valence-corrected chi connectivity index (χ3v) is 3.25. The van der Waals surface area contributed by atoms with Crippen molar-refractivity contribution < 1.29 is 5.11 Å². The van der Waals surface area contributed by atoms with Crippen molar-refractivity contribution in [3.05, 3.63) is 35.9 Å². The van der Waals surface area contributed by atoms with Crippen molar-refractivity contribution in [2.45, 2.75) is 32.4 Å². The van der Waals surface area contributed by atoms with Gasteiger partial charge in [0.15, 0.2) is 0 Å². The Labute approximate surface area is 113 Å². The average molecular weight is 268 g/mol. The monoisotopic (exact) mass is 268 g/mol. The molecule has 0 aliphatic rings. The summed E-state index contributed by atoms with van der Waals surface area (Å²) in [5.41, 5.74) is 7.21. The van der Waals surface area contributed by atoms with E-state index in [1.54, 1.807) is 0 Å². The molecule has 3 N–H and O–H groups in total. The Kier molecular flexibility index (Phi) is 6.80. The van der Waals surface area contributed by atoms with Crippen molar-refractivity contribution in [2.24, 2.45) is 11.7 Å². The van der Waals surface area contributed by atoms with Crippen molar-refractivity contribution in [2.75, 3.05) is 13.1 Å². The van der Waals surface area contributed by atoms with E-state index in [9.17, 15) is 5.11 Å². The normalized spacial score (nSPS) is 15.1. The minimum Gasteiger partial charge on any atom is -0.390 e. The molecule has 0 aliphatic heterocycles. The van der Waals surface area contributed by atoms with Crippen LogP contribution in [-0.4, -0.2) is 35.0 Å². The van der Waals surface area contributed by atoms with Gasteiger partial charge in [-0.25, -0.2) is 0 Å². The summed E-state index contributed by atoms with van der Waals surface area (Å²) in [7, 11) is 2.66. The lowest BCUT2D eigenvalue weighted by atomic mass is 10.0. The summed E-state index contributed by atoms with van der Waals surface area (Å²) in [4.78, 5) is 0. The molecule has 1 aromatic rings. The predicted molar refractivity (Wildman–Crippen MR) is 80.2 cm³/mol. The average Bonchev–Trinajstić information content (AvgIpc) is 2.28. The maximum absolute atomic E-state index is 10.1. The van der Waals surface area contributed by atoms with Crippen LogP contribution in [0.1, 0.15) is 19.4 Å². The molecular formula is C14H25N2OP. The summed E-state index contributed by atoms with van der Waals surface area (Å²) in [6, 6.07) is 9.84. The Morgan fingerprint density at radius 1 is 1.22 bits per heavy atom. The van der Waals surface area contributed by atoms with Crippen LogP contribution in [0.25, 0.3) is 0 Å². The molecule has 4 heteroatoms. The van der Waals surface area contributed by atoms with Crippen LogP contribution in [0.3, 0.4) is 0 Å². The molecule has 0 amide bonds. The fourth-order valence-electron chi connectivity index (χ4n) is 1.94. The second-order valence-corrected chi connectivity index (χ2v) is 6.00. The van der Waals surface area contributed by atoms with Gasteiger partial charge in [-0.2, -0.15) is 0 Å². The SMILES string of the molecule is CC(C)CN(P)C[C@@H](O)[C@@H](N)Cc1ccccc1. The highest BCUT2D eigenvalue weighted by Gasteiger charge is 2.17. The number of aliphatic hydroxyl groups excluding tert-OH is 1. The van der Waals surface area contributed by atoms with Crippen molar-refractivity contribution in [3.63, 3.8) is 0 Å². The van der Waals surface area contributed by atoms with Crippen LogP contribution in [0.4, 0.5) is 0 Å². The third-order valence-electron chi connectivity index (χ3n) is 2.83. The fourth-order valence-corrected chi connectivity index (χ4v) is 2.58. The molecule has 1 rings (SSSR count). The lowest BCUT2D eigenvalue weighted by Gasteiger charge is -2.25. The Bertz CT molecular complexity index is 332. The van der Waals surface area contributed by atoms with Gasteiger partial charge in [0.25, 0.3) is 0 Å². The maximum Gasteiger partial charge on any atom is 0.0824 e. The van der Waals surface area contributed by atoms with Gasteiger partial charge in [0.1, 0.15) is 0 Å². The van der Waals surface area contributed by atoms with Gasteiger partial charge in [-0.05, 0) is 17.9 Å². The molecule has 102 valence electrons. The standard InChI is InChI=1S/C14H25N2OP/c1-11(2)9-16(18)10-14(17)13(15)8-12-6-4-3-5-7-12/h3-7,11,13-14,17H,8-10,15,18H2,1-2H3/t13-,14+/m0/s1. The van der Waals surface area contributed by atoms with E-state index in [0.29, 0.717) is 18.9 Å². The molecule has 0 radical (unpaired) electrons. The van der Waals surface area contributed by atoms with Gasteiger partial charge < -0.3 is 10.8 Å². The molecule has 0 bridgehead atoms. The quantitative estimate of drug-likeness (QED) is 0.740. The number of nitrogens with zero attached hydrogens (tertiary/aromatic N) is 1. The van der Waals surface area contributed by atoms with E-state index in [-0.39, 0.29) is 6.04 Å². The summed E-state index contributed by atoms with van der Waals surface area (Å²) in [5.74, 6) is 0.583. The number of benzene rings is 1. The molecule has 0 spiro atoms. The van der Waals surface area contributed by atoms with Gasteiger partial charge in [-0.15, -0.1) is 0 Å². The zero-order valence-electron chi connectivity index (χ0n) is 11.3. The lowest BCUT2D eigenvalue weighted by molar-refractivity contribution is 0.119. The van der Waals surface area contributed by atoms with Gasteiger partial charge in [0, 0.05) is 19.1 Å². The molecule has 0 saturated carbocycles. The minimum atomic E-state index is -0.499. The molecule has 1 unspecified atom stereocenters. The van der Waals surface area contributed by atoms with Crippen molar-refractivity contribution in [1.82, 2.24) is 4.67 Å². The molecule has 0 fully saturated rings. The maximum atomic E-state index is 10.1. The van der Waals surface area contributed by atoms with Crippen LogP contribution >= 0.6 is 9.39 Å².